The molecule has 0 spiro atoms. The Morgan fingerprint density at radius 2 is 2.32 bits per heavy atom. The Morgan fingerprint density at radius 3 is 2.89 bits per heavy atom. The van der Waals surface area contributed by atoms with Crippen LogP contribution in [0.15, 0.2) is 27.1 Å². The van der Waals surface area contributed by atoms with E-state index in [1.165, 1.54) is 0 Å². The third-order valence-electron chi connectivity index (χ3n) is 3.25. The lowest BCUT2D eigenvalue weighted by Gasteiger charge is -2.25. The number of halogens is 2. The van der Waals surface area contributed by atoms with E-state index in [0.29, 0.717) is 25.3 Å². The summed E-state index contributed by atoms with van der Waals surface area (Å²) < 4.78 is 12.5. The topological polar surface area (TPSA) is 47.6 Å². The van der Waals surface area contributed by atoms with Crippen molar-refractivity contribution in [2.45, 2.75) is 12.0 Å². The van der Waals surface area contributed by atoms with Gasteiger partial charge in [0.1, 0.15) is 5.60 Å². The molecule has 0 bridgehead atoms. The molecule has 1 aliphatic heterocycles. The molecule has 104 valence electrons. The van der Waals surface area contributed by atoms with Crippen molar-refractivity contribution in [3.8, 4) is 0 Å². The lowest BCUT2D eigenvalue weighted by Crippen LogP contribution is -2.45. The fourth-order valence-corrected chi connectivity index (χ4v) is 3.20. The molecule has 1 heterocycles. The minimum Gasteiger partial charge on any atom is -0.378 e. The molecule has 6 heteroatoms. The van der Waals surface area contributed by atoms with Gasteiger partial charge in [-0.05, 0) is 34.1 Å². The zero-order valence-electron chi connectivity index (χ0n) is 10.5. The second-order valence-corrected chi connectivity index (χ2v) is 6.27. The molecule has 1 saturated heterocycles. The molecule has 1 N–H and O–H groups in total. The van der Waals surface area contributed by atoms with E-state index in [9.17, 15) is 4.79 Å². The molecule has 1 aromatic rings. The number of rotatable bonds is 4. The van der Waals surface area contributed by atoms with Gasteiger partial charge in [-0.1, -0.05) is 15.9 Å². The van der Waals surface area contributed by atoms with E-state index < -0.39 is 5.60 Å². The highest BCUT2D eigenvalue weighted by atomic mass is 79.9. The molecular weight excluding hydrogens is 378 g/mol. The first kappa shape index (κ1) is 15.0. The Bertz CT molecular complexity index is 473. The summed E-state index contributed by atoms with van der Waals surface area (Å²) in [4.78, 5) is 12.1. The van der Waals surface area contributed by atoms with E-state index in [0.717, 1.165) is 15.4 Å². The van der Waals surface area contributed by atoms with Crippen molar-refractivity contribution in [2.75, 3.05) is 26.9 Å². The summed E-state index contributed by atoms with van der Waals surface area (Å²) in [7, 11) is 1.65. The molecule has 1 fully saturated rings. The van der Waals surface area contributed by atoms with Crippen LogP contribution >= 0.6 is 31.9 Å². The molecule has 1 amide bonds. The minimum atomic E-state index is -0.391. The van der Waals surface area contributed by atoms with Gasteiger partial charge < -0.3 is 14.8 Å². The van der Waals surface area contributed by atoms with Gasteiger partial charge in [0.2, 0.25) is 0 Å². The van der Waals surface area contributed by atoms with E-state index in [1.807, 2.05) is 12.1 Å². The van der Waals surface area contributed by atoms with Gasteiger partial charge in [-0.2, -0.15) is 0 Å². The van der Waals surface area contributed by atoms with Crippen LogP contribution in [0.25, 0.3) is 0 Å². The summed E-state index contributed by atoms with van der Waals surface area (Å²) in [5.74, 6) is -0.122. The number of carbonyl (C=O) groups excluding carboxylic acids is 1. The highest BCUT2D eigenvalue weighted by Crippen LogP contribution is 2.24. The van der Waals surface area contributed by atoms with Crippen LogP contribution in [0.1, 0.15) is 16.8 Å². The molecule has 0 saturated carbocycles. The van der Waals surface area contributed by atoms with E-state index in [4.69, 9.17) is 9.47 Å². The number of ether oxygens (including phenoxy) is 2. The van der Waals surface area contributed by atoms with Crippen LogP contribution in [-0.4, -0.2) is 38.4 Å². The first-order valence-electron chi connectivity index (χ1n) is 5.92. The molecule has 1 aliphatic rings. The zero-order valence-corrected chi connectivity index (χ0v) is 13.7. The van der Waals surface area contributed by atoms with Crippen molar-refractivity contribution in [3.05, 3.63) is 32.7 Å². The lowest BCUT2D eigenvalue weighted by molar-refractivity contribution is -0.0148. The van der Waals surface area contributed by atoms with E-state index in [2.05, 4.69) is 37.2 Å². The highest BCUT2D eigenvalue weighted by molar-refractivity contribution is 9.11. The van der Waals surface area contributed by atoms with Crippen molar-refractivity contribution in [2.24, 2.45) is 0 Å². The smallest absolute Gasteiger partial charge is 0.252 e. The normalized spacial score (nSPS) is 22.5. The molecule has 2 rings (SSSR count). The number of hydrogen-bond donors (Lipinski definition) is 1. The second kappa shape index (κ2) is 6.35. The van der Waals surface area contributed by atoms with Gasteiger partial charge in [0, 0.05) is 35.6 Å². The fraction of sp³-hybridized carbons (Fsp3) is 0.462. The molecule has 1 aromatic carbocycles. The van der Waals surface area contributed by atoms with E-state index >= 15 is 0 Å². The maximum atomic E-state index is 12.1. The third-order valence-corrected chi connectivity index (χ3v) is 4.40. The van der Waals surface area contributed by atoms with Crippen LogP contribution in [0.3, 0.4) is 0 Å². The number of carbonyl (C=O) groups is 1. The number of amides is 1. The van der Waals surface area contributed by atoms with E-state index in [-0.39, 0.29) is 5.91 Å². The minimum absolute atomic E-state index is 0.122. The quantitative estimate of drug-likeness (QED) is 0.856. The van der Waals surface area contributed by atoms with Crippen LogP contribution in [0.4, 0.5) is 0 Å². The molecule has 1 unspecified atom stereocenters. The molecule has 1 atom stereocenters. The molecule has 0 aliphatic carbocycles. The predicted octanol–water partition coefficient (Wildman–Crippen LogP) is 2.75. The molecule has 4 nitrogen and oxygen atoms in total. The summed E-state index contributed by atoms with van der Waals surface area (Å²) in [6.07, 6.45) is 0.797. The number of nitrogens with one attached hydrogen (secondary N) is 1. The van der Waals surface area contributed by atoms with Crippen molar-refractivity contribution in [3.63, 3.8) is 0 Å². The number of benzene rings is 1. The average Bonchev–Trinajstić information content (AvgIpc) is 2.85. The number of methoxy groups -OCH3 is 1. The van der Waals surface area contributed by atoms with Crippen LogP contribution < -0.4 is 5.32 Å². The van der Waals surface area contributed by atoms with Gasteiger partial charge in [-0.15, -0.1) is 0 Å². The van der Waals surface area contributed by atoms with Gasteiger partial charge in [0.15, 0.2) is 0 Å². The summed E-state index contributed by atoms with van der Waals surface area (Å²) in [6.45, 7) is 1.64. The Hall–Kier alpha value is -0.430. The first-order chi connectivity index (χ1) is 9.06. The van der Waals surface area contributed by atoms with Gasteiger partial charge in [-0.25, -0.2) is 0 Å². The second-order valence-electron chi connectivity index (χ2n) is 4.50. The largest absolute Gasteiger partial charge is 0.378 e. The highest BCUT2D eigenvalue weighted by Gasteiger charge is 2.35. The molecule has 0 radical (unpaired) electrons. The summed E-state index contributed by atoms with van der Waals surface area (Å²) >= 11 is 6.74. The van der Waals surface area contributed by atoms with E-state index in [1.54, 1.807) is 13.2 Å². The monoisotopic (exact) mass is 391 g/mol. The predicted molar refractivity (Wildman–Crippen MR) is 79.4 cm³/mol. The van der Waals surface area contributed by atoms with Gasteiger partial charge >= 0.3 is 0 Å². The van der Waals surface area contributed by atoms with Crippen LogP contribution in [0.2, 0.25) is 0 Å². The van der Waals surface area contributed by atoms with Gasteiger partial charge in [0.25, 0.3) is 5.91 Å². The van der Waals surface area contributed by atoms with Crippen LogP contribution in [0.5, 0.6) is 0 Å². The van der Waals surface area contributed by atoms with Crippen molar-refractivity contribution >= 4 is 37.8 Å². The molecule has 19 heavy (non-hydrogen) atoms. The van der Waals surface area contributed by atoms with Crippen LogP contribution in [0, 0.1) is 0 Å². The Balaban J connectivity index is 2.01. The Labute approximate surface area is 129 Å². The van der Waals surface area contributed by atoms with Crippen molar-refractivity contribution < 1.29 is 14.3 Å². The fourth-order valence-electron chi connectivity index (χ4n) is 1.97. The third kappa shape index (κ3) is 3.56. The molecular formula is C13H15Br2NO3. The zero-order chi connectivity index (χ0) is 13.9. The van der Waals surface area contributed by atoms with Crippen LogP contribution in [-0.2, 0) is 9.47 Å². The molecule has 0 aromatic heterocycles. The number of hydrogen-bond acceptors (Lipinski definition) is 3. The van der Waals surface area contributed by atoms with Gasteiger partial charge in [0.05, 0.1) is 12.2 Å². The summed E-state index contributed by atoms with van der Waals surface area (Å²) in [5, 5.41) is 2.90. The van der Waals surface area contributed by atoms with Gasteiger partial charge in [-0.3, -0.25) is 4.79 Å². The van der Waals surface area contributed by atoms with Crippen molar-refractivity contribution in [1.82, 2.24) is 5.32 Å². The summed E-state index contributed by atoms with van der Waals surface area (Å²) in [6, 6.07) is 5.46. The lowest BCUT2D eigenvalue weighted by atomic mass is 10.0. The Kier molecular flexibility index (Phi) is 5.00. The standard InChI is InChI=1S/C13H15Br2NO3/c1-18-13(4-5-19-8-13)7-16-12(17)10-3-2-9(14)6-11(10)15/h2-3,6H,4-5,7-8H2,1H3,(H,16,17). The maximum absolute atomic E-state index is 12.1. The SMILES string of the molecule is COC1(CNC(=O)c2ccc(Br)cc2Br)CCOC1. The first-order valence-corrected chi connectivity index (χ1v) is 7.51. The average molecular weight is 393 g/mol. The Morgan fingerprint density at radius 1 is 1.53 bits per heavy atom. The summed E-state index contributed by atoms with van der Waals surface area (Å²) in [5.41, 5.74) is 0.214. The maximum Gasteiger partial charge on any atom is 0.252 e. The van der Waals surface area contributed by atoms with Crippen molar-refractivity contribution in [1.29, 1.82) is 0 Å².